The van der Waals surface area contributed by atoms with Crippen LogP contribution in [-0.2, 0) is 6.54 Å². The number of anilines is 1. The van der Waals surface area contributed by atoms with Gasteiger partial charge in [0.25, 0.3) is 0 Å². The second-order valence-corrected chi connectivity index (χ2v) is 9.89. The molecular formula is C27H28FN5O2S. The van der Waals surface area contributed by atoms with Gasteiger partial charge in [0.05, 0.1) is 16.5 Å². The summed E-state index contributed by atoms with van der Waals surface area (Å²) in [5, 5.41) is 15.4. The number of hydrogen-bond acceptors (Lipinski definition) is 6. The van der Waals surface area contributed by atoms with Crippen molar-refractivity contribution < 1.29 is 14.3 Å². The van der Waals surface area contributed by atoms with E-state index >= 15 is 4.39 Å². The molecule has 186 valence electrons. The number of pyridine rings is 1. The lowest BCUT2D eigenvalue weighted by Gasteiger charge is -2.29. The lowest BCUT2D eigenvalue weighted by atomic mass is 9.98. The number of amides is 2. The zero-order valence-corrected chi connectivity index (χ0v) is 20.8. The Hall–Kier alpha value is -3.40. The van der Waals surface area contributed by atoms with Crippen molar-refractivity contribution in [3.05, 3.63) is 66.1 Å². The Bertz CT molecular complexity index is 1350. The van der Waals surface area contributed by atoms with Crippen LogP contribution in [0.5, 0.6) is 0 Å². The molecule has 36 heavy (non-hydrogen) atoms. The van der Waals surface area contributed by atoms with E-state index in [0.29, 0.717) is 27.6 Å². The molecule has 1 fully saturated rings. The van der Waals surface area contributed by atoms with Crippen molar-refractivity contribution >= 4 is 32.7 Å². The minimum Gasteiger partial charge on any atom is -0.393 e. The molecule has 3 heterocycles. The maximum absolute atomic E-state index is 15.8. The van der Waals surface area contributed by atoms with Crippen LogP contribution in [0.4, 0.5) is 14.3 Å². The molecule has 1 aliphatic rings. The van der Waals surface area contributed by atoms with Gasteiger partial charge in [0.15, 0.2) is 10.9 Å². The number of urea groups is 1. The first-order chi connectivity index (χ1) is 17.5. The fourth-order valence-electron chi connectivity index (χ4n) is 4.46. The zero-order chi connectivity index (χ0) is 25.1. The molecule has 3 N–H and O–H groups in total. The molecule has 2 aromatic heterocycles. The van der Waals surface area contributed by atoms with Gasteiger partial charge < -0.3 is 10.4 Å². The van der Waals surface area contributed by atoms with E-state index in [4.69, 9.17) is 0 Å². The number of halogens is 1. The number of hydrogen-bond donors (Lipinski definition) is 3. The zero-order valence-electron chi connectivity index (χ0n) is 20.0. The maximum Gasteiger partial charge on any atom is 0.321 e. The second-order valence-electron chi connectivity index (χ2n) is 8.89. The fourth-order valence-corrected chi connectivity index (χ4v) is 5.43. The van der Waals surface area contributed by atoms with E-state index in [2.05, 4.69) is 25.5 Å². The molecule has 4 aromatic rings. The topological polar surface area (TPSA) is 90.4 Å². The van der Waals surface area contributed by atoms with Gasteiger partial charge in [-0.2, -0.15) is 0 Å². The molecule has 7 nitrogen and oxygen atoms in total. The maximum atomic E-state index is 15.8. The minimum absolute atomic E-state index is 0.197. The predicted octanol–water partition coefficient (Wildman–Crippen LogP) is 5.26. The largest absolute Gasteiger partial charge is 0.393 e. The first kappa shape index (κ1) is 24.3. The average Bonchev–Trinajstić information content (AvgIpc) is 3.31. The number of aliphatic hydroxyl groups is 1. The van der Waals surface area contributed by atoms with Gasteiger partial charge in [0.1, 0.15) is 5.52 Å². The number of nitrogens with zero attached hydrogens (tertiary/aromatic N) is 3. The van der Waals surface area contributed by atoms with Crippen molar-refractivity contribution in [1.29, 1.82) is 0 Å². The SMILES string of the molecule is CCNC(=O)Nc1nc2c(F)c(-c3ccc(CN4CCC(O)CC4)cc3)cc(-c3ccccn3)c2s1. The molecule has 5 rings (SSSR count). The number of benzene rings is 2. The van der Waals surface area contributed by atoms with E-state index in [-0.39, 0.29) is 17.7 Å². The van der Waals surface area contributed by atoms with Crippen molar-refractivity contribution in [2.45, 2.75) is 32.4 Å². The molecule has 0 spiro atoms. The summed E-state index contributed by atoms with van der Waals surface area (Å²) in [6.07, 6.45) is 3.10. The van der Waals surface area contributed by atoms with Crippen molar-refractivity contribution in [3.8, 4) is 22.4 Å². The summed E-state index contributed by atoms with van der Waals surface area (Å²) < 4.78 is 16.5. The molecule has 2 amide bonds. The van der Waals surface area contributed by atoms with Crippen molar-refractivity contribution in [2.24, 2.45) is 0 Å². The third kappa shape index (κ3) is 5.23. The lowest BCUT2D eigenvalue weighted by molar-refractivity contribution is 0.0792. The van der Waals surface area contributed by atoms with Crippen LogP contribution in [0.1, 0.15) is 25.3 Å². The van der Waals surface area contributed by atoms with Crippen LogP contribution in [0.2, 0.25) is 0 Å². The van der Waals surface area contributed by atoms with E-state index in [1.54, 1.807) is 6.20 Å². The van der Waals surface area contributed by atoms with Gasteiger partial charge in [-0.15, -0.1) is 0 Å². The predicted molar refractivity (Wildman–Crippen MR) is 141 cm³/mol. The van der Waals surface area contributed by atoms with Crippen LogP contribution in [0, 0.1) is 5.82 Å². The van der Waals surface area contributed by atoms with Crippen LogP contribution in [-0.4, -0.2) is 51.7 Å². The minimum atomic E-state index is -0.428. The van der Waals surface area contributed by atoms with E-state index < -0.39 is 5.82 Å². The van der Waals surface area contributed by atoms with Crippen LogP contribution in [0.25, 0.3) is 32.6 Å². The normalized spacial score (nSPS) is 14.8. The van der Waals surface area contributed by atoms with E-state index in [0.717, 1.165) is 49.2 Å². The number of nitrogens with one attached hydrogen (secondary N) is 2. The summed E-state index contributed by atoms with van der Waals surface area (Å²) in [4.78, 5) is 23.3. The van der Waals surface area contributed by atoms with Gasteiger partial charge >= 0.3 is 6.03 Å². The Morgan fingerprint density at radius 2 is 1.94 bits per heavy atom. The Balaban J connectivity index is 1.50. The first-order valence-corrected chi connectivity index (χ1v) is 12.9. The van der Waals surface area contributed by atoms with E-state index in [1.165, 1.54) is 11.3 Å². The highest BCUT2D eigenvalue weighted by molar-refractivity contribution is 7.22. The number of rotatable bonds is 6. The van der Waals surface area contributed by atoms with E-state index in [9.17, 15) is 9.90 Å². The Morgan fingerprint density at radius 1 is 1.17 bits per heavy atom. The molecule has 0 saturated carbocycles. The Labute approximate surface area is 213 Å². The van der Waals surface area contributed by atoms with Gasteiger partial charge in [0.2, 0.25) is 0 Å². The smallest absolute Gasteiger partial charge is 0.321 e. The van der Waals surface area contributed by atoms with Crippen LogP contribution >= 0.6 is 11.3 Å². The molecular weight excluding hydrogens is 477 g/mol. The highest BCUT2D eigenvalue weighted by Crippen LogP contribution is 2.40. The van der Waals surface area contributed by atoms with Crippen molar-refractivity contribution in [1.82, 2.24) is 20.2 Å². The summed E-state index contributed by atoms with van der Waals surface area (Å²) in [6.45, 7) is 4.85. The quantitative estimate of drug-likeness (QED) is 0.333. The third-order valence-corrected chi connectivity index (χ3v) is 7.34. The van der Waals surface area contributed by atoms with Gasteiger partial charge in [-0.25, -0.2) is 14.2 Å². The number of aromatic nitrogens is 2. The molecule has 0 radical (unpaired) electrons. The van der Waals surface area contributed by atoms with Gasteiger partial charge in [-0.1, -0.05) is 41.7 Å². The fraction of sp³-hybridized carbons (Fsp3) is 0.296. The van der Waals surface area contributed by atoms with Gasteiger partial charge in [0, 0.05) is 43.5 Å². The second kappa shape index (κ2) is 10.7. The highest BCUT2D eigenvalue weighted by atomic mass is 32.1. The van der Waals surface area contributed by atoms with Gasteiger partial charge in [-0.3, -0.25) is 15.2 Å². The number of likely N-dealkylation sites (tertiary alicyclic amines) is 1. The monoisotopic (exact) mass is 505 g/mol. The summed E-state index contributed by atoms with van der Waals surface area (Å²) >= 11 is 1.23. The summed E-state index contributed by atoms with van der Waals surface area (Å²) in [7, 11) is 0. The first-order valence-electron chi connectivity index (χ1n) is 12.1. The number of carbonyl (C=O) groups excluding carboxylic acids is 1. The molecule has 0 aliphatic carbocycles. The van der Waals surface area contributed by atoms with Gasteiger partial charge in [-0.05, 0) is 49.1 Å². The molecule has 2 aromatic carbocycles. The standard InChI is InChI=1S/C27H28FN5O2S/c1-2-29-26(35)32-27-31-24-23(28)20(15-21(25(24)36-27)22-5-3-4-12-30-22)18-8-6-17(7-9-18)16-33-13-10-19(34)11-14-33/h3-9,12,15,19,34H,2,10-11,13-14,16H2,1H3,(H2,29,31,32,35). The molecule has 9 heteroatoms. The number of thiazole rings is 1. The summed E-state index contributed by atoms with van der Waals surface area (Å²) in [5.41, 5.74) is 4.01. The van der Waals surface area contributed by atoms with E-state index in [1.807, 2.05) is 55.5 Å². The highest BCUT2D eigenvalue weighted by Gasteiger charge is 2.21. The Kier molecular flexibility index (Phi) is 7.22. The van der Waals surface area contributed by atoms with Crippen molar-refractivity contribution in [3.63, 3.8) is 0 Å². The molecule has 1 aliphatic heterocycles. The summed E-state index contributed by atoms with van der Waals surface area (Å²) in [5.74, 6) is -0.428. The van der Waals surface area contributed by atoms with Crippen LogP contribution in [0.3, 0.4) is 0 Å². The molecule has 0 unspecified atom stereocenters. The van der Waals surface area contributed by atoms with Crippen LogP contribution < -0.4 is 10.6 Å². The molecule has 0 atom stereocenters. The van der Waals surface area contributed by atoms with Crippen LogP contribution in [0.15, 0.2) is 54.7 Å². The Morgan fingerprint density at radius 3 is 2.64 bits per heavy atom. The molecule has 1 saturated heterocycles. The number of carbonyl (C=O) groups is 1. The third-order valence-electron chi connectivity index (χ3n) is 6.33. The number of piperidine rings is 1. The number of fused-ring (bicyclic) bond motifs is 1. The lowest BCUT2D eigenvalue weighted by Crippen LogP contribution is -2.35. The summed E-state index contributed by atoms with van der Waals surface area (Å²) in [6, 6.07) is 14.9. The molecule has 0 bridgehead atoms. The number of aliphatic hydroxyl groups excluding tert-OH is 1. The average molecular weight is 506 g/mol. The van der Waals surface area contributed by atoms with Crippen molar-refractivity contribution in [2.75, 3.05) is 25.0 Å².